The molecule has 0 N–H and O–H groups in total. The largest absolute Gasteiger partial charge is 0.332 e. The van der Waals surface area contributed by atoms with Gasteiger partial charge in [0.1, 0.15) is 0 Å². The molecule has 3 heterocycles. The number of carbonyl (C=O) groups is 1. The third kappa shape index (κ3) is 2.84. The Morgan fingerprint density at radius 3 is 2.41 bits per heavy atom. The maximum absolute atomic E-state index is 13.1. The number of fused-ring (bicyclic) bond motifs is 1. The highest BCUT2D eigenvalue weighted by Crippen LogP contribution is 2.22. The number of carbonyl (C=O) groups excluding carboxylic acids is 1. The molecule has 4 rings (SSSR count). The number of aromatic nitrogens is 5. The first-order valence-electron chi connectivity index (χ1n) is 9.19. The Kier molecular flexibility index (Phi) is 4.34. The molecule has 8 heteroatoms. The Morgan fingerprint density at radius 2 is 1.72 bits per heavy atom. The fraction of sp³-hybridized carbons (Fsp3) is 0.238. The number of benzene rings is 1. The van der Waals surface area contributed by atoms with Crippen molar-refractivity contribution in [2.45, 2.75) is 20.4 Å². The lowest BCUT2D eigenvalue weighted by atomic mass is 10.1. The van der Waals surface area contributed by atoms with Crippen LogP contribution >= 0.6 is 0 Å². The summed E-state index contributed by atoms with van der Waals surface area (Å²) in [4.78, 5) is 41.9. The Hall–Kier alpha value is -3.68. The minimum absolute atomic E-state index is 0.0387. The van der Waals surface area contributed by atoms with Gasteiger partial charge in [-0.1, -0.05) is 18.2 Å². The predicted molar refractivity (Wildman–Crippen MR) is 110 cm³/mol. The molecule has 0 saturated carbocycles. The van der Waals surface area contributed by atoms with Crippen LogP contribution in [0.15, 0.2) is 52.3 Å². The summed E-state index contributed by atoms with van der Waals surface area (Å²) in [5, 5.41) is 0. The number of ketones is 1. The van der Waals surface area contributed by atoms with E-state index in [9.17, 15) is 14.4 Å². The highest BCUT2D eigenvalue weighted by molar-refractivity contribution is 5.98. The smallest absolute Gasteiger partial charge is 0.318 e. The molecule has 0 atom stereocenters. The molecule has 3 aromatic heterocycles. The monoisotopic (exact) mass is 391 g/mol. The van der Waals surface area contributed by atoms with Crippen molar-refractivity contribution < 1.29 is 4.79 Å². The molecule has 0 aliphatic carbocycles. The van der Waals surface area contributed by atoms with Crippen LogP contribution in [-0.4, -0.2) is 29.0 Å². The molecule has 0 fully saturated rings. The summed E-state index contributed by atoms with van der Waals surface area (Å²) >= 11 is 0. The van der Waals surface area contributed by atoms with E-state index in [0.29, 0.717) is 5.56 Å². The molecule has 148 valence electrons. The molecule has 0 unspecified atom stereocenters. The quantitative estimate of drug-likeness (QED) is 0.496. The van der Waals surface area contributed by atoms with E-state index in [2.05, 4.69) is 4.98 Å². The van der Waals surface area contributed by atoms with Crippen molar-refractivity contribution >= 4 is 16.9 Å². The number of aryl methyl sites for hydroxylation is 2. The number of Topliss-reactive ketones (excluding diaryl/α,β-unsaturated/α-hetero) is 1. The van der Waals surface area contributed by atoms with Crippen LogP contribution in [0.2, 0.25) is 0 Å². The summed E-state index contributed by atoms with van der Waals surface area (Å²) < 4.78 is 5.86. The first-order valence-corrected chi connectivity index (χ1v) is 9.19. The maximum Gasteiger partial charge on any atom is 0.332 e. The van der Waals surface area contributed by atoms with Gasteiger partial charge in [0.2, 0.25) is 0 Å². The first kappa shape index (κ1) is 18.7. The van der Waals surface area contributed by atoms with Gasteiger partial charge in [-0.2, -0.15) is 0 Å². The Morgan fingerprint density at radius 1 is 1.03 bits per heavy atom. The van der Waals surface area contributed by atoms with Gasteiger partial charge in [-0.25, -0.2) is 9.78 Å². The zero-order valence-electron chi connectivity index (χ0n) is 16.7. The molecule has 0 aliphatic rings. The minimum Gasteiger partial charge on any atom is -0.318 e. The van der Waals surface area contributed by atoms with E-state index >= 15 is 0 Å². The van der Waals surface area contributed by atoms with Crippen LogP contribution in [0.1, 0.15) is 21.7 Å². The van der Waals surface area contributed by atoms with Crippen LogP contribution in [0.4, 0.5) is 0 Å². The second-order valence-electron chi connectivity index (χ2n) is 7.13. The standard InChI is InChI=1S/C21H21N5O3/c1-13-10-16(14(2)26(13)15-8-6-5-7-9-15)17(27)11-25-12-22-19-18(25)20(28)24(4)21(29)23(19)3/h5-10,12H,11H2,1-4H3. The van der Waals surface area contributed by atoms with E-state index in [1.54, 1.807) is 7.05 Å². The molecule has 4 aromatic rings. The van der Waals surface area contributed by atoms with Crippen molar-refractivity contribution in [2.75, 3.05) is 0 Å². The normalized spacial score (nSPS) is 11.3. The molecule has 0 saturated heterocycles. The average Bonchev–Trinajstić information content (AvgIpc) is 3.26. The lowest BCUT2D eigenvalue weighted by Gasteiger charge is -2.10. The Labute approximate surface area is 166 Å². The van der Waals surface area contributed by atoms with Gasteiger partial charge in [-0.05, 0) is 32.0 Å². The zero-order chi connectivity index (χ0) is 20.9. The van der Waals surface area contributed by atoms with Crippen LogP contribution in [0.25, 0.3) is 16.9 Å². The fourth-order valence-corrected chi connectivity index (χ4v) is 3.78. The van der Waals surface area contributed by atoms with Gasteiger partial charge in [-0.15, -0.1) is 0 Å². The summed E-state index contributed by atoms with van der Waals surface area (Å²) in [5.74, 6) is -0.129. The summed E-state index contributed by atoms with van der Waals surface area (Å²) in [7, 11) is 2.97. The summed E-state index contributed by atoms with van der Waals surface area (Å²) in [6, 6.07) is 11.7. The molecule has 8 nitrogen and oxygen atoms in total. The van der Waals surface area contributed by atoms with Gasteiger partial charge in [0.15, 0.2) is 16.9 Å². The molecule has 0 amide bonds. The molecule has 0 spiro atoms. The second-order valence-corrected chi connectivity index (χ2v) is 7.13. The van der Waals surface area contributed by atoms with Gasteiger partial charge in [-0.3, -0.25) is 18.7 Å². The highest BCUT2D eigenvalue weighted by Gasteiger charge is 2.20. The molecule has 1 aromatic carbocycles. The van der Waals surface area contributed by atoms with E-state index in [-0.39, 0.29) is 23.5 Å². The van der Waals surface area contributed by atoms with Gasteiger partial charge in [0.05, 0.1) is 12.9 Å². The van der Waals surface area contributed by atoms with E-state index in [1.807, 2.05) is 54.8 Å². The van der Waals surface area contributed by atoms with Crippen LogP contribution in [-0.2, 0) is 20.6 Å². The van der Waals surface area contributed by atoms with E-state index in [0.717, 1.165) is 21.6 Å². The molecule has 0 radical (unpaired) electrons. The van der Waals surface area contributed by atoms with E-state index < -0.39 is 11.2 Å². The number of hydrogen-bond acceptors (Lipinski definition) is 4. The molecule has 0 bridgehead atoms. The van der Waals surface area contributed by atoms with Gasteiger partial charge < -0.3 is 9.13 Å². The van der Waals surface area contributed by atoms with Crippen LogP contribution in [0, 0.1) is 13.8 Å². The van der Waals surface area contributed by atoms with Gasteiger partial charge in [0.25, 0.3) is 5.56 Å². The second kappa shape index (κ2) is 6.73. The van der Waals surface area contributed by atoms with Crippen molar-refractivity contribution in [1.82, 2.24) is 23.3 Å². The van der Waals surface area contributed by atoms with Crippen LogP contribution in [0.5, 0.6) is 0 Å². The van der Waals surface area contributed by atoms with Crippen molar-refractivity contribution in [3.63, 3.8) is 0 Å². The van der Waals surface area contributed by atoms with Crippen LogP contribution in [0.3, 0.4) is 0 Å². The molecule has 29 heavy (non-hydrogen) atoms. The Balaban J connectivity index is 1.77. The minimum atomic E-state index is -0.469. The summed E-state index contributed by atoms with van der Waals surface area (Å²) in [5.41, 5.74) is 2.94. The van der Waals surface area contributed by atoms with Crippen molar-refractivity contribution in [3.05, 3.63) is 80.5 Å². The first-order chi connectivity index (χ1) is 13.8. The summed E-state index contributed by atoms with van der Waals surface area (Å²) in [6.07, 6.45) is 1.43. The van der Waals surface area contributed by atoms with E-state index in [4.69, 9.17) is 0 Å². The van der Waals surface area contributed by atoms with Gasteiger partial charge in [0, 0.05) is 36.7 Å². The van der Waals surface area contributed by atoms with Crippen molar-refractivity contribution in [1.29, 1.82) is 0 Å². The summed E-state index contributed by atoms with van der Waals surface area (Å²) in [6.45, 7) is 3.82. The third-order valence-corrected chi connectivity index (χ3v) is 5.28. The number of nitrogens with zero attached hydrogens (tertiary/aromatic N) is 5. The highest BCUT2D eigenvalue weighted by atomic mass is 16.2. The number of para-hydroxylation sites is 1. The fourth-order valence-electron chi connectivity index (χ4n) is 3.78. The van der Waals surface area contributed by atoms with E-state index in [1.165, 1.54) is 22.5 Å². The topological polar surface area (TPSA) is 83.8 Å². The maximum atomic E-state index is 13.1. The van der Waals surface area contributed by atoms with Gasteiger partial charge >= 0.3 is 5.69 Å². The average molecular weight is 391 g/mol. The SMILES string of the molecule is Cc1cc(C(=O)Cn2cnc3c2c(=O)n(C)c(=O)n3C)c(C)n1-c1ccccc1. The molecular formula is C21H21N5O3. The predicted octanol–water partition coefficient (Wildman–Crippen LogP) is 1.72. The lowest BCUT2D eigenvalue weighted by molar-refractivity contribution is 0.0972. The van der Waals surface area contributed by atoms with Crippen LogP contribution < -0.4 is 11.2 Å². The number of hydrogen-bond donors (Lipinski definition) is 0. The van der Waals surface area contributed by atoms with Crippen molar-refractivity contribution in [3.8, 4) is 5.69 Å². The number of rotatable bonds is 4. The van der Waals surface area contributed by atoms with Crippen molar-refractivity contribution in [2.24, 2.45) is 14.1 Å². The lowest BCUT2D eigenvalue weighted by Crippen LogP contribution is -2.37. The zero-order valence-corrected chi connectivity index (χ0v) is 16.7. The third-order valence-electron chi connectivity index (χ3n) is 5.28. The Bertz CT molecular complexity index is 1370. The number of imidazole rings is 1. The molecule has 0 aliphatic heterocycles. The molecular weight excluding hydrogens is 370 g/mol.